The van der Waals surface area contributed by atoms with Crippen LogP contribution in [0, 0.1) is 6.92 Å². The highest BCUT2D eigenvalue weighted by Gasteiger charge is 2.32. The quantitative estimate of drug-likeness (QED) is 0.584. The number of nitrogens with zero attached hydrogens (tertiary/aromatic N) is 3. The highest BCUT2D eigenvalue weighted by molar-refractivity contribution is 6.04. The number of ether oxygens (including phenoxy) is 1. The lowest BCUT2D eigenvalue weighted by Gasteiger charge is -2.30. The Morgan fingerprint density at radius 2 is 1.94 bits per heavy atom. The molecule has 35 heavy (non-hydrogen) atoms. The minimum atomic E-state index is -4.54. The molecule has 1 fully saturated rings. The molecule has 0 radical (unpaired) electrons. The molecular formula is C22H23F3N6O4. The van der Waals surface area contributed by atoms with Gasteiger partial charge in [-0.05, 0) is 24.6 Å². The molecule has 1 aromatic heterocycles. The van der Waals surface area contributed by atoms with E-state index in [-0.39, 0.29) is 41.8 Å². The zero-order valence-electron chi connectivity index (χ0n) is 18.7. The number of benzene rings is 1. The number of hydrogen-bond donors (Lipinski definition) is 3. The normalized spacial score (nSPS) is 16.2. The SMILES string of the molecule is Cc1ccc(NC(=O)c2cc(CNC(=O)C3=CC(N4CCOCC4)=NCN3)no2)cc1C(F)(F)F. The number of halogens is 3. The number of aromatic nitrogens is 1. The van der Waals surface area contributed by atoms with Gasteiger partial charge in [0, 0.05) is 30.9 Å². The summed E-state index contributed by atoms with van der Waals surface area (Å²) in [6.07, 6.45) is -2.89. The smallest absolute Gasteiger partial charge is 0.378 e. The number of morpholine rings is 1. The van der Waals surface area contributed by atoms with E-state index in [1.54, 1.807) is 6.08 Å². The number of amides is 2. The van der Waals surface area contributed by atoms with E-state index < -0.39 is 17.6 Å². The van der Waals surface area contributed by atoms with Crippen LogP contribution in [0.25, 0.3) is 0 Å². The van der Waals surface area contributed by atoms with Crippen molar-refractivity contribution in [1.82, 2.24) is 20.7 Å². The van der Waals surface area contributed by atoms with Gasteiger partial charge in [0.15, 0.2) is 0 Å². The van der Waals surface area contributed by atoms with Crippen molar-refractivity contribution in [1.29, 1.82) is 0 Å². The average molecular weight is 492 g/mol. The van der Waals surface area contributed by atoms with Gasteiger partial charge in [0.1, 0.15) is 23.9 Å². The molecule has 2 aromatic rings. The van der Waals surface area contributed by atoms with Gasteiger partial charge in [0.25, 0.3) is 11.8 Å². The van der Waals surface area contributed by atoms with Crippen LogP contribution in [0.3, 0.4) is 0 Å². The summed E-state index contributed by atoms with van der Waals surface area (Å²) in [5.74, 6) is -0.670. The van der Waals surface area contributed by atoms with E-state index in [0.29, 0.717) is 37.8 Å². The van der Waals surface area contributed by atoms with Gasteiger partial charge in [-0.15, -0.1) is 0 Å². The lowest BCUT2D eigenvalue weighted by Crippen LogP contribution is -2.43. The van der Waals surface area contributed by atoms with Crippen molar-refractivity contribution >= 4 is 23.3 Å². The number of aliphatic imine (C=N–C) groups is 1. The molecular weight excluding hydrogens is 469 g/mol. The minimum absolute atomic E-state index is 0.0264. The standard InChI is InChI=1S/C22H23F3N6O4/c1-13-2-3-14(8-16(13)22(23,24)25)29-21(33)18-9-15(30-35-18)11-26-20(32)17-10-19(28-12-27-17)31-4-6-34-7-5-31/h2-3,8-10,27H,4-7,11-12H2,1H3,(H,26,32)(H,29,33). The molecule has 2 amide bonds. The van der Waals surface area contributed by atoms with Crippen LogP contribution < -0.4 is 16.0 Å². The third-order valence-corrected chi connectivity index (χ3v) is 5.38. The second kappa shape index (κ2) is 10.2. The van der Waals surface area contributed by atoms with Gasteiger partial charge in [0.2, 0.25) is 5.76 Å². The molecule has 1 saturated heterocycles. The summed E-state index contributed by atoms with van der Waals surface area (Å²) in [5.41, 5.74) is -0.236. The lowest BCUT2D eigenvalue weighted by atomic mass is 10.1. The Labute approximate surface area is 198 Å². The Kier molecular flexibility index (Phi) is 7.05. The van der Waals surface area contributed by atoms with Crippen LogP contribution in [0.15, 0.2) is 45.6 Å². The Morgan fingerprint density at radius 1 is 1.17 bits per heavy atom. The van der Waals surface area contributed by atoms with E-state index in [1.807, 2.05) is 4.90 Å². The fourth-order valence-corrected chi connectivity index (χ4v) is 3.53. The first-order valence-corrected chi connectivity index (χ1v) is 10.8. The van der Waals surface area contributed by atoms with Crippen LogP contribution in [0.1, 0.15) is 27.4 Å². The molecule has 0 aliphatic carbocycles. The van der Waals surface area contributed by atoms with Crippen LogP contribution in [0.4, 0.5) is 18.9 Å². The molecule has 2 aliphatic heterocycles. The topological polar surface area (TPSA) is 121 Å². The predicted molar refractivity (Wildman–Crippen MR) is 118 cm³/mol. The minimum Gasteiger partial charge on any atom is -0.378 e. The van der Waals surface area contributed by atoms with E-state index in [1.165, 1.54) is 25.1 Å². The van der Waals surface area contributed by atoms with E-state index in [9.17, 15) is 22.8 Å². The first-order chi connectivity index (χ1) is 16.7. The van der Waals surface area contributed by atoms with Gasteiger partial charge in [-0.3, -0.25) is 9.59 Å². The molecule has 13 heteroatoms. The van der Waals surface area contributed by atoms with E-state index in [4.69, 9.17) is 9.26 Å². The maximum atomic E-state index is 13.1. The number of carbonyl (C=O) groups is 2. The highest BCUT2D eigenvalue weighted by Crippen LogP contribution is 2.33. The third-order valence-electron chi connectivity index (χ3n) is 5.38. The van der Waals surface area contributed by atoms with E-state index in [0.717, 1.165) is 6.07 Å². The van der Waals surface area contributed by atoms with Crippen LogP contribution in [0.5, 0.6) is 0 Å². The molecule has 0 spiro atoms. The second-order valence-corrected chi connectivity index (χ2v) is 7.86. The first-order valence-electron chi connectivity index (χ1n) is 10.8. The van der Waals surface area contributed by atoms with Crippen molar-refractivity contribution < 1.29 is 32.0 Å². The average Bonchev–Trinajstić information content (AvgIpc) is 3.33. The van der Waals surface area contributed by atoms with Crippen molar-refractivity contribution in [2.24, 2.45) is 4.99 Å². The first kappa shape index (κ1) is 24.3. The molecule has 3 N–H and O–H groups in total. The lowest BCUT2D eigenvalue weighted by molar-refractivity contribution is -0.138. The van der Waals surface area contributed by atoms with Crippen molar-refractivity contribution in [3.63, 3.8) is 0 Å². The summed E-state index contributed by atoms with van der Waals surface area (Å²) in [5, 5.41) is 11.7. The number of nitrogens with one attached hydrogen (secondary N) is 3. The monoisotopic (exact) mass is 492 g/mol. The Morgan fingerprint density at radius 3 is 2.69 bits per heavy atom. The fraction of sp³-hybridized carbons (Fsp3) is 0.364. The number of rotatable bonds is 5. The molecule has 4 rings (SSSR count). The Hall–Kier alpha value is -3.87. The molecule has 2 aliphatic rings. The van der Waals surface area contributed by atoms with Crippen LogP contribution in [0.2, 0.25) is 0 Å². The van der Waals surface area contributed by atoms with Crippen LogP contribution >= 0.6 is 0 Å². The molecule has 0 bridgehead atoms. The highest BCUT2D eigenvalue weighted by atomic mass is 19.4. The van der Waals surface area contributed by atoms with Gasteiger partial charge < -0.3 is 30.1 Å². The molecule has 3 heterocycles. The summed E-state index contributed by atoms with van der Waals surface area (Å²) < 4.78 is 49.6. The number of amidine groups is 1. The largest absolute Gasteiger partial charge is 0.416 e. The summed E-state index contributed by atoms with van der Waals surface area (Å²) in [4.78, 5) is 31.3. The van der Waals surface area contributed by atoms with Crippen molar-refractivity contribution in [2.45, 2.75) is 19.6 Å². The molecule has 186 valence electrons. The van der Waals surface area contributed by atoms with Gasteiger partial charge >= 0.3 is 6.18 Å². The number of alkyl halides is 3. The zero-order valence-corrected chi connectivity index (χ0v) is 18.7. The summed E-state index contributed by atoms with van der Waals surface area (Å²) in [7, 11) is 0. The molecule has 1 aromatic carbocycles. The third kappa shape index (κ3) is 5.98. The number of anilines is 1. The number of hydrogen-bond acceptors (Lipinski definition) is 8. The van der Waals surface area contributed by atoms with Crippen molar-refractivity contribution in [3.8, 4) is 0 Å². The number of carbonyl (C=O) groups excluding carboxylic acids is 2. The van der Waals surface area contributed by atoms with Crippen molar-refractivity contribution in [2.75, 3.05) is 38.3 Å². The van der Waals surface area contributed by atoms with Crippen LogP contribution in [-0.2, 0) is 22.3 Å². The Bertz CT molecular complexity index is 1170. The number of aryl methyl sites for hydroxylation is 1. The molecule has 0 unspecified atom stereocenters. The van der Waals surface area contributed by atoms with Gasteiger partial charge in [-0.1, -0.05) is 11.2 Å². The van der Waals surface area contributed by atoms with E-state index in [2.05, 4.69) is 26.1 Å². The Balaban J connectivity index is 1.34. The summed E-state index contributed by atoms with van der Waals surface area (Å²) in [6, 6.07) is 4.78. The van der Waals surface area contributed by atoms with E-state index >= 15 is 0 Å². The van der Waals surface area contributed by atoms with Crippen molar-refractivity contribution in [3.05, 3.63) is 58.6 Å². The molecule has 10 nitrogen and oxygen atoms in total. The van der Waals surface area contributed by atoms with Gasteiger partial charge in [0.05, 0.1) is 25.3 Å². The molecule has 0 atom stereocenters. The molecule has 0 saturated carbocycles. The second-order valence-electron chi connectivity index (χ2n) is 7.86. The zero-order chi connectivity index (χ0) is 25.0. The van der Waals surface area contributed by atoms with Gasteiger partial charge in [-0.25, -0.2) is 4.99 Å². The maximum absolute atomic E-state index is 13.1. The van der Waals surface area contributed by atoms with Gasteiger partial charge in [-0.2, -0.15) is 13.2 Å². The maximum Gasteiger partial charge on any atom is 0.416 e. The summed E-state index contributed by atoms with van der Waals surface area (Å²) in [6.45, 7) is 4.13. The fourth-order valence-electron chi connectivity index (χ4n) is 3.53. The summed E-state index contributed by atoms with van der Waals surface area (Å²) >= 11 is 0. The van der Waals surface area contributed by atoms with Crippen LogP contribution in [-0.4, -0.2) is 60.7 Å². The predicted octanol–water partition coefficient (Wildman–Crippen LogP) is 2.05.